The summed E-state index contributed by atoms with van der Waals surface area (Å²) < 4.78 is 10.4. The summed E-state index contributed by atoms with van der Waals surface area (Å²) in [5, 5.41) is 12.9. The van der Waals surface area contributed by atoms with E-state index < -0.39 is 6.10 Å². The molecular weight excluding hydrogens is 244 g/mol. The van der Waals surface area contributed by atoms with Gasteiger partial charge in [-0.2, -0.15) is 0 Å². The van der Waals surface area contributed by atoms with Gasteiger partial charge in [0.2, 0.25) is 5.88 Å². The van der Waals surface area contributed by atoms with Gasteiger partial charge in [0.25, 0.3) is 0 Å². The minimum absolute atomic E-state index is 0.367. The van der Waals surface area contributed by atoms with Gasteiger partial charge in [0, 0.05) is 32.0 Å². The molecule has 0 saturated carbocycles. The lowest BCUT2D eigenvalue weighted by Crippen LogP contribution is -2.30. The van der Waals surface area contributed by atoms with Gasteiger partial charge in [-0.05, 0) is 11.5 Å². The number of hydrogen-bond donors (Lipinski definition) is 2. The Bertz CT molecular complexity index is 341. The number of pyridine rings is 1. The van der Waals surface area contributed by atoms with Crippen LogP contribution >= 0.6 is 0 Å². The second kappa shape index (κ2) is 8.85. The average molecular weight is 268 g/mol. The maximum Gasteiger partial charge on any atom is 0.212 e. The van der Waals surface area contributed by atoms with Crippen molar-refractivity contribution in [1.82, 2.24) is 10.3 Å². The van der Waals surface area contributed by atoms with Crippen molar-refractivity contribution in [2.45, 2.75) is 26.5 Å². The summed E-state index contributed by atoms with van der Waals surface area (Å²) in [6.45, 7) is 6.39. The molecule has 1 unspecified atom stereocenters. The van der Waals surface area contributed by atoms with Crippen LogP contribution in [0.2, 0.25) is 0 Å². The van der Waals surface area contributed by atoms with E-state index in [-0.39, 0.29) is 0 Å². The largest absolute Gasteiger partial charge is 0.481 e. The van der Waals surface area contributed by atoms with E-state index in [0.29, 0.717) is 38.1 Å². The van der Waals surface area contributed by atoms with E-state index in [0.717, 1.165) is 5.56 Å². The smallest absolute Gasteiger partial charge is 0.212 e. The summed E-state index contributed by atoms with van der Waals surface area (Å²) >= 11 is 0. The molecule has 0 aliphatic rings. The van der Waals surface area contributed by atoms with Crippen molar-refractivity contribution in [3.63, 3.8) is 0 Å². The van der Waals surface area contributed by atoms with E-state index in [4.69, 9.17) is 9.47 Å². The molecule has 0 aliphatic heterocycles. The highest BCUT2D eigenvalue weighted by Gasteiger charge is 2.04. The first-order chi connectivity index (χ1) is 9.11. The number of methoxy groups -OCH3 is 1. The lowest BCUT2D eigenvalue weighted by atomic mass is 10.2. The van der Waals surface area contributed by atoms with Crippen LogP contribution in [0.3, 0.4) is 0 Å². The molecule has 1 rings (SSSR count). The molecule has 0 aromatic carbocycles. The van der Waals surface area contributed by atoms with Crippen molar-refractivity contribution in [2.24, 2.45) is 5.92 Å². The van der Waals surface area contributed by atoms with Crippen molar-refractivity contribution in [3.8, 4) is 5.88 Å². The van der Waals surface area contributed by atoms with Gasteiger partial charge in [-0.1, -0.05) is 19.9 Å². The Kier molecular flexibility index (Phi) is 7.40. The second-order valence-electron chi connectivity index (χ2n) is 4.92. The van der Waals surface area contributed by atoms with Crippen molar-refractivity contribution in [1.29, 1.82) is 0 Å². The fourth-order valence-electron chi connectivity index (χ4n) is 1.52. The van der Waals surface area contributed by atoms with Crippen LogP contribution < -0.4 is 10.1 Å². The van der Waals surface area contributed by atoms with E-state index in [1.807, 2.05) is 12.1 Å². The quantitative estimate of drug-likeness (QED) is 0.705. The van der Waals surface area contributed by atoms with Gasteiger partial charge in [0.15, 0.2) is 0 Å². The fourth-order valence-corrected chi connectivity index (χ4v) is 1.52. The second-order valence-corrected chi connectivity index (χ2v) is 4.92. The summed E-state index contributed by atoms with van der Waals surface area (Å²) in [6, 6.07) is 3.76. The van der Waals surface area contributed by atoms with E-state index in [1.54, 1.807) is 13.3 Å². The maximum atomic E-state index is 9.70. The minimum Gasteiger partial charge on any atom is -0.481 e. The first-order valence-electron chi connectivity index (χ1n) is 6.57. The zero-order valence-corrected chi connectivity index (χ0v) is 11.9. The van der Waals surface area contributed by atoms with Gasteiger partial charge in [-0.3, -0.25) is 0 Å². The highest BCUT2D eigenvalue weighted by Crippen LogP contribution is 2.06. The summed E-state index contributed by atoms with van der Waals surface area (Å²) in [5.74, 6) is 1.09. The fraction of sp³-hybridized carbons (Fsp3) is 0.643. The van der Waals surface area contributed by atoms with E-state index in [2.05, 4.69) is 24.1 Å². The first-order valence-corrected chi connectivity index (χ1v) is 6.57. The first kappa shape index (κ1) is 15.9. The summed E-state index contributed by atoms with van der Waals surface area (Å²) in [6.07, 6.45) is 1.28. The van der Waals surface area contributed by atoms with Gasteiger partial charge in [0.1, 0.15) is 0 Å². The summed E-state index contributed by atoms with van der Waals surface area (Å²) in [5.41, 5.74) is 1.05. The van der Waals surface area contributed by atoms with Crippen molar-refractivity contribution < 1.29 is 14.6 Å². The molecule has 2 N–H and O–H groups in total. The molecule has 108 valence electrons. The monoisotopic (exact) mass is 268 g/mol. The summed E-state index contributed by atoms with van der Waals surface area (Å²) in [7, 11) is 1.59. The zero-order valence-electron chi connectivity index (χ0n) is 11.9. The molecule has 1 aromatic heterocycles. The highest BCUT2D eigenvalue weighted by molar-refractivity contribution is 5.17. The zero-order chi connectivity index (χ0) is 14.1. The predicted octanol–water partition coefficient (Wildman–Crippen LogP) is 1.21. The Hall–Kier alpha value is -1.17. The van der Waals surface area contributed by atoms with Gasteiger partial charge in [0.05, 0.1) is 19.8 Å². The molecule has 5 nitrogen and oxygen atoms in total. The Morgan fingerprint density at radius 3 is 2.68 bits per heavy atom. The van der Waals surface area contributed by atoms with E-state index in [1.165, 1.54) is 0 Å². The van der Waals surface area contributed by atoms with Gasteiger partial charge < -0.3 is 19.9 Å². The molecular formula is C14H24N2O3. The molecule has 1 heterocycles. The normalized spacial score (nSPS) is 12.7. The Labute approximate surface area is 115 Å². The van der Waals surface area contributed by atoms with Crippen LogP contribution in [0.1, 0.15) is 19.4 Å². The van der Waals surface area contributed by atoms with Crippen LogP contribution in [0.15, 0.2) is 18.3 Å². The molecule has 0 saturated heterocycles. The third kappa shape index (κ3) is 7.10. The van der Waals surface area contributed by atoms with Gasteiger partial charge >= 0.3 is 0 Å². The Morgan fingerprint density at radius 1 is 1.32 bits per heavy atom. The van der Waals surface area contributed by atoms with Gasteiger partial charge in [-0.15, -0.1) is 0 Å². The number of rotatable bonds is 9. The molecule has 0 aliphatic carbocycles. The van der Waals surface area contributed by atoms with Gasteiger partial charge in [-0.25, -0.2) is 4.98 Å². The number of aromatic nitrogens is 1. The van der Waals surface area contributed by atoms with Crippen LogP contribution in [-0.2, 0) is 11.3 Å². The molecule has 0 amide bonds. The number of aliphatic hydroxyl groups excluding tert-OH is 1. The lowest BCUT2D eigenvalue weighted by Gasteiger charge is -2.13. The van der Waals surface area contributed by atoms with E-state index >= 15 is 0 Å². The number of nitrogens with one attached hydrogen (secondary N) is 1. The van der Waals surface area contributed by atoms with Crippen LogP contribution in [0.5, 0.6) is 5.88 Å². The highest BCUT2D eigenvalue weighted by atomic mass is 16.5. The van der Waals surface area contributed by atoms with Crippen LogP contribution in [0.25, 0.3) is 0 Å². The van der Waals surface area contributed by atoms with Crippen molar-refractivity contribution >= 4 is 0 Å². The maximum absolute atomic E-state index is 9.70. The van der Waals surface area contributed by atoms with Crippen LogP contribution in [0.4, 0.5) is 0 Å². The molecule has 0 bridgehead atoms. The average Bonchev–Trinajstić information content (AvgIpc) is 2.39. The van der Waals surface area contributed by atoms with Crippen molar-refractivity contribution in [2.75, 3.05) is 26.9 Å². The predicted molar refractivity (Wildman–Crippen MR) is 74.2 cm³/mol. The number of aliphatic hydroxyl groups is 1. The third-order valence-corrected chi connectivity index (χ3v) is 2.48. The Balaban J connectivity index is 2.14. The molecule has 19 heavy (non-hydrogen) atoms. The summed E-state index contributed by atoms with van der Waals surface area (Å²) in [4.78, 5) is 4.11. The number of hydrogen-bond acceptors (Lipinski definition) is 5. The molecule has 1 aromatic rings. The molecule has 0 radical (unpaired) electrons. The molecule has 0 spiro atoms. The van der Waals surface area contributed by atoms with Crippen LogP contribution in [0, 0.1) is 5.92 Å². The molecule has 5 heteroatoms. The third-order valence-electron chi connectivity index (χ3n) is 2.48. The Morgan fingerprint density at radius 2 is 2.11 bits per heavy atom. The minimum atomic E-state index is -0.482. The number of nitrogens with zero attached hydrogens (tertiary/aromatic N) is 1. The van der Waals surface area contributed by atoms with Crippen LogP contribution in [-0.4, -0.2) is 43.1 Å². The SMILES string of the molecule is COc1ccc(CNCC(O)COCC(C)C)cn1. The van der Waals surface area contributed by atoms with Crippen molar-refractivity contribution in [3.05, 3.63) is 23.9 Å². The lowest BCUT2D eigenvalue weighted by molar-refractivity contribution is 0.0260. The standard InChI is InChI=1S/C14H24N2O3/c1-11(2)9-19-10-13(17)8-15-6-12-4-5-14(18-3)16-7-12/h4-5,7,11,13,15,17H,6,8-10H2,1-3H3. The van der Waals surface area contributed by atoms with E-state index in [9.17, 15) is 5.11 Å². The molecule has 0 fully saturated rings. The molecule has 1 atom stereocenters. The topological polar surface area (TPSA) is 63.6 Å². The number of ether oxygens (including phenoxy) is 2.